The van der Waals surface area contributed by atoms with E-state index in [0.29, 0.717) is 28.6 Å². The van der Waals surface area contributed by atoms with Crippen LogP contribution in [0.25, 0.3) is 0 Å². The lowest BCUT2D eigenvalue weighted by molar-refractivity contribution is 0.170. The van der Waals surface area contributed by atoms with E-state index in [2.05, 4.69) is 15.8 Å². The van der Waals surface area contributed by atoms with Crippen LogP contribution in [0.1, 0.15) is 17.4 Å². The molecule has 0 aliphatic heterocycles. The van der Waals surface area contributed by atoms with Gasteiger partial charge in [-0.05, 0) is 25.1 Å². The second kappa shape index (κ2) is 7.50. The summed E-state index contributed by atoms with van der Waals surface area (Å²) in [7, 11) is 3.04. The van der Waals surface area contributed by atoms with Gasteiger partial charge in [-0.3, -0.25) is 5.32 Å². The number of nitrogens with one attached hydrogen (secondary N) is 2. The van der Waals surface area contributed by atoms with Gasteiger partial charge >= 0.3 is 6.03 Å². The number of ether oxygens (including phenoxy) is 2. The molecular formula is C15H19N3O5. The summed E-state index contributed by atoms with van der Waals surface area (Å²) in [6.07, 6.45) is -0.954. The largest absolute Gasteiger partial charge is 0.497 e. The van der Waals surface area contributed by atoms with Crippen LogP contribution < -0.4 is 20.1 Å². The zero-order valence-electron chi connectivity index (χ0n) is 13.1. The predicted molar refractivity (Wildman–Crippen MR) is 82.8 cm³/mol. The molecule has 1 heterocycles. The molecule has 8 heteroatoms. The van der Waals surface area contributed by atoms with Crippen LogP contribution in [0.15, 0.2) is 28.8 Å². The van der Waals surface area contributed by atoms with Crippen LogP contribution in [-0.4, -0.2) is 37.1 Å². The van der Waals surface area contributed by atoms with Gasteiger partial charge in [-0.25, -0.2) is 4.79 Å². The van der Waals surface area contributed by atoms with Crippen molar-refractivity contribution in [2.24, 2.45) is 0 Å². The van der Waals surface area contributed by atoms with E-state index in [1.165, 1.54) is 14.2 Å². The van der Waals surface area contributed by atoms with Crippen molar-refractivity contribution < 1.29 is 23.9 Å². The highest BCUT2D eigenvalue weighted by molar-refractivity contribution is 5.88. The Hall–Kier alpha value is -2.74. The number of aliphatic hydroxyl groups is 1. The molecule has 8 nitrogen and oxygen atoms in total. The zero-order valence-corrected chi connectivity index (χ0v) is 13.1. The summed E-state index contributed by atoms with van der Waals surface area (Å²) < 4.78 is 15.2. The first kappa shape index (κ1) is 16.6. The van der Waals surface area contributed by atoms with Crippen molar-refractivity contribution in [2.45, 2.75) is 13.0 Å². The van der Waals surface area contributed by atoms with E-state index in [0.717, 1.165) is 0 Å². The number of carbonyl (C=O) groups is 1. The molecule has 0 bridgehead atoms. The minimum atomic E-state index is -0.954. The Labute approximate surface area is 133 Å². The fraction of sp³-hybridized carbons (Fsp3) is 0.333. The molecule has 0 spiro atoms. The first-order chi connectivity index (χ1) is 11.0. The number of methoxy groups -OCH3 is 2. The topological polar surface area (TPSA) is 106 Å². The Kier molecular flexibility index (Phi) is 5.42. The summed E-state index contributed by atoms with van der Waals surface area (Å²) in [6, 6.07) is 6.15. The maximum atomic E-state index is 11.8. The van der Waals surface area contributed by atoms with E-state index in [-0.39, 0.29) is 6.54 Å². The third-order valence-electron chi connectivity index (χ3n) is 3.12. The average molecular weight is 321 g/mol. The molecule has 3 N–H and O–H groups in total. The Morgan fingerprint density at radius 1 is 1.35 bits per heavy atom. The third kappa shape index (κ3) is 4.36. The van der Waals surface area contributed by atoms with Gasteiger partial charge in [-0.2, -0.15) is 0 Å². The monoisotopic (exact) mass is 321 g/mol. The smallest absolute Gasteiger partial charge is 0.320 e. The fourth-order valence-electron chi connectivity index (χ4n) is 1.98. The van der Waals surface area contributed by atoms with Gasteiger partial charge < -0.3 is 24.4 Å². The van der Waals surface area contributed by atoms with Crippen LogP contribution >= 0.6 is 0 Å². The van der Waals surface area contributed by atoms with Crippen LogP contribution in [0, 0.1) is 6.92 Å². The van der Waals surface area contributed by atoms with Gasteiger partial charge in [-0.1, -0.05) is 5.16 Å². The number of nitrogens with zero attached hydrogens (tertiary/aromatic N) is 1. The molecule has 0 aliphatic rings. The molecule has 0 saturated heterocycles. The number of hydrogen-bond donors (Lipinski definition) is 3. The van der Waals surface area contributed by atoms with Crippen molar-refractivity contribution in [1.82, 2.24) is 10.5 Å². The minimum Gasteiger partial charge on any atom is -0.497 e. The summed E-state index contributed by atoms with van der Waals surface area (Å²) >= 11 is 0. The van der Waals surface area contributed by atoms with Crippen molar-refractivity contribution in [2.75, 3.05) is 26.1 Å². The molecule has 0 saturated carbocycles. The molecule has 124 valence electrons. The highest BCUT2D eigenvalue weighted by Crippen LogP contribution is 2.29. The maximum absolute atomic E-state index is 11.8. The first-order valence-electron chi connectivity index (χ1n) is 6.91. The molecule has 0 aliphatic carbocycles. The summed E-state index contributed by atoms with van der Waals surface area (Å²) in [6.45, 7) is 1.71. The zero-order chi connectivity index (χ0) is 16.8. The molecule has 0 fully saturated rings. The highest BCUT2D eigenvalue weighted by Gasteiger charge is 2.16. The summed E-state index contributed by atoms with van der Waals surface area (Å²) in [5.74, 6) is 1.98. The number of amides is 2. The second-order valence-electron chi connectivity index (χ2n) is 4.78. The Balaban J connectivity index is 1.96. The number of rotatable bonds is 6. The summed E-state index contributed by atoms with van der Waals surface area (Å²) in [5, 5.41) is 19.0. The molecule has 23 heavy (non-hydrogen) atoms. The van der Waals surface area contributed by atoms with Crippen LogP contribution in [0.5, 0.6) is 11.5 Å². The van der Waals surface area contributed by atoms with Crippen molar-refractivity contribution >= 4 is 11.8 Å². The lowest BCUT2D eigenvalue weighted by Gasteiger charge is -2.16. The van der Waals surface area contributed by atoms with E-state index in [4.69, 9.17) is 14.0 Å². The van der Waals surface area contributed by atoms with Gasteiger partial charge in [0, 0.05) is 18.2 Å². The summed E-state index contributed by atoms with van der Waals surface area (Å²) in [4.78, 5) is 11.8. The Morgan fingerprint density at radius 3 is 2.74 bits per heavy atom. The van der Waals surface area contributed by atoms with E-state index in [1.807, 2.05) is 0 Å². The number of anilines is 1. The van der Waals surface area contributed by atoms with Gasteiger partial charge in [-0.15, -0.1) is 0 Å². The van der Waals surface area contributed by atoms with Gasteiger partial charge in [0.25, 0.3) is 0 Å². The molecule has 2 aromatic rings. The average Bonchev–Trinajstić information content (AvgIpc) is 2.96. The molecule has 1 aromatic heterocycles. The van der Waals surface area contributed by atoms with E-state index < -0.39 is 12.1 Å². The third-order valence-corrected chi connectivity index (χ3v) is 3.12. The fourth-order valence-corrected chi connectivity index (χ4v) is 1.98. The normalized spacial score (nSPS) is 11.7. The van der Waals surface area contributed by atoms with Crippen LogP contribution in [0.4, 0.5) is 10.6 Å². The van der Waals surface area contributed by atoms with Crippen molar-refractivity contribution in [1.29, 1.82) is 0 Å². The van der Waals surface area contributed by atoms with Crippen LogP contribution in [0.2, 0.25) is 0 Å². The summed E-state index contributed by atoms with van der Waals surface area (Å²) in [5.41, 5.74) is 0.518. The quantitative estimate of drug-likeness (QED) is 0.750. The number of aliphatic hydroxyl groups excluding tert-OH is 1. The molecule has 2 amide bonds. The van der Waals surface area contributed by atoms with E-state index in [1.54, 1.807) is 31.2 Å². The predicted octanol–water partition coefficient (Wildman–Crippen LogP) is 1.86. The number of benzene rings is 1. The van der Waals surface area contributed by atoms with Crippen LogP contribution in [-0.2, 0) is 0 Å². The Morgan fingerprint density at radius 2 is 2.13 bits per heavy atom. The maximum Gasteiger partial charge on any atom is 0.320 e. The standard InChI is InChI=1S/C15H19N3O5/c1-9-6-14(18-23-9)17-15(20)16-8-12(19)11-7-10(21-2)4-5-13(11)22-3/h4-7,12,19H,8H2,1-3H3,(H2,16,17,18,20)/t12-/m1/s1. The SMILES string of the molecule is COc1ccc(OC)c([C@H](O)CNC(=O)Nc2cc(C)on2)c1. The molecule has 1 aromatic carbocycles. The van der Waals surface area contributed by atoms with Gasteiger partial charge in [0.1, 0.15) is 23.4 Å². The lowest BCUT2D eigenvalue weighted by Crippen LogP contribution is -2.32. The highest BCUT2D eigenvalue weighted by atomic mass is 16.5. The van der Waals surface area contributed by atoms with Gasteiger partial charge in [0.15, 0.2) is 5.82 Å². The van der Waals surface area contributed by atoms with Gasteiger partial charge in [0.05, 0.1) is 14.2 Å². The number of hydrogen-bond acceptors (Lipinski definition) is 6. The first-order valence-corrected chi connectivity index (χ1v) is 6.91. The van der Waals surface area contributed by atoms with Crippen molar-refractivity contribution in [3.8, 4) is 11.5 Å². The number of carbonyl (C=O) groups excluding carboxylic acids is 1. The molecule has 1 atom stereocenters. The van der Waals surface area contributed by atoms with Crippen molar-refractivity contribution in [3.63, 3.8) is 0 Å². The number of aromatic nitrogens is 1. The van der Waals surface area contributed by atoms with E-state index >= 15 is 0 Å². The molecule has 0 radical (unpaired) electrons. The lowest BCUT2D eigenvalue weighted by atomic mass is 10.1. The van der Waals surface area contributed by atoms with E-state index in [9.17, 15) is 9.90 Å². The number of aryl methyl sites for hydroxylation is 1. The van der Waals surface area contributed by atoms with Crippen molar-refractivity contribution in [3.05, 3.63) is 35.6 Å². The molecule has 0 unspecified atom stereocenters. The molecule has 2 rings (SSSR count). The minimum absolute atomic E-state index is 0.00774. The second-order valence-corrected chi connectivity index (χ2v) is 4.78. The Bertz CT molecular complexity index is 671. The molecular weight excluding hydrogens is 302 g/mol. The number of urea groups is 1. The van der Waals surface area contributed by atoms with Gasteiger partial charge in [0.2, 0.25) is 0 Å². The van der Waals surface area contributed by atoms with Crippen LogP contribution in [0.3, 0.4) is 0 Å².